The highest BCUT2D eigenvalue weighted by molar-refractivity contribution is 5.79. The molecule has 164 valence electrons. The number of aryl methyl sites for hydroxylation is 3. The summed E-state index contributed by atoms with van der Waals surface area (Å²) < 4.78 is 6.97. The molecule has 1 aromatic carbocycles. The van der Waals surface area contributed by atoms with Crippen LogP contribution >= 0.6 is 0 Å². The first-order valence-electron chi connectivity index (χ1n) is 10.5. The van der Waals surface area contributed by atoms with E-state index >= 15 is 0 Å². The fourth-order valence-electron chi connectivity index (χ4n) is 3.76. The summed E-state index contributed by atoms with van der Waals surface area (Å²) in [4.78, 5) is 22.0. The van der Waals surface area contributed by atoms with E-state index in [1.807, 2.05) is 58.0 Å². The van der Waals surface area contributed by atoms with Crippen LogP contribution in [0, 0.1) is 33.6 Å². The highest BCUT2D eigenvalue weighted by atomic mass is 16.5. The van der Waals surface area contributed by atoms with Crippen molar-refractivity contribution >= 4 is 5.91 Å². The first-order valence-corrected chi connectivity index (χ1v) is 10.5. The van der Waals surface area contributed by atoms with E-state index < -0.39 is 0 Å². The van der Waals surface area contributed by atoms with Gasteiger partial charge in [0, 0.05) is 22.6 Å². The molecule has 1 amide bonds. The zero-order valence-corrected chi connectivity index (χ0v) is 19.4. The lowest BCUT2D eigenvalue weighted by Crippen LogP contribution is -2.33. The van der Waals surface area contributed by atoms with Gasteiger partial charge in [0.15, 0.2) is 0 Å². The number of hydrogen-bond acceptors (Lipinski definition) is 5. The molecule has 0 fully saturated rings. The van der Waals surface area contributed by atoms with Crippen LogP contribution in [0.3, 0.4) is 0 Å². The van der Waals surface area contributed by atoms with Gasteiger partial charge in [-0.15, -0.1) is 0 Å². The summed E-state index contributed by atoms with van der Waals surface area (Å²) in [5.74, 6) is 1.53. The Morgan fingerprint density at radius 3 is 2.23 bits per heavy atom. The van der Waals surface area contributed by atoms with Crippen molar-refractivity contribution in [1.29, 1.82) is 0 Å². The summed E-state index contributed by atoms with van der Waals surface area (Å²) >= 11 is 0. The standard InChI is InChI=1S/C24H31N5O2/c1-14(2)23(19-8-10-20(31-7)11-9-19)27-22(30)13-21-17(5)28-29(18(21)6)24-25-15(3)12-16(4)26-24/h8-12,14,23H,13H2,1-7H3,(H,27,30). The SMILES string of the molecule is COc1ccc(C(NC(=O)Cc2c(C)nn(-c3nc(C)cc(C)n3)c2C)C(C)C)cc1. The lowest BCUT2D eigenvalue weighted by molar-refractivity contribution is -0.121. The third kappa shape index (κ3) is 5.10. The minimum absolute atomic E-state index is 0.0402. The maximum Gasteiger partial charge on any atom is 0.251 e. The monoisotopic (exact) mass is 421 g/mol. The molecule has 0 aliphatic carbocycles. The van der Waals surface area contributed by atoms with Crippen molar-refractivity contribution in [2.75, 3.05) is 7.11 Å². The molecule has 0 saturated heterocycles. The van der Waals surface area contributed by atoms with Gasteiger partial charge in [0.1, 0.15) is 5.75 Å². The van der Waals surface area contributed by atoms with Gasteiger partial charge in [-0.2, -0.15) is 5.10 Å². The van der Waals surface area contributed by atoms with Crippen LogP contribution in [0.4, 0.5) is 0 Å². The average molecular weight is 422 g/mol. The second-order valence-electron chi connectivity index (χ2n) is 8.25. The van der Waals surface area contributed by atoms with Crippen LogP contribution in [-0.2, 0) is 11.2 Å². The molecule has 3 aromatic rings. The first kappa shape index (κ1) is 22.5. The Labute approximate surface area is 183 Å². The van der Waals surface area contributed by atoms with Gasteiger partial charge in [-0.05, 0) is 57.4 Å². The van der Waals surface area contributed by atoms with Gasteiger partial charge >= 0.3 is 0 Å². The van der Waals surface area contributed by atoms with Crippen LogP contribution < -0.4 is 10.1 Å². The molecule has 0 saturated carbocycles. The first-order chi connectivity index (χ1) is 14.7. The van der Waals surface area contributed by atoms with E-state index in [0.717, 1.165) is 39.7 Å². The van der Waals surface area contributed by atoms with E-state index in [1.165, 1.54) is 0 Å². The highest BCUT2D eigenvalue weighted by Crippen LogP contribution is 2.25. The summed E-state index contributed by atoms with van der Waals surface area (Å²) in [7, 11) is 1.64. The summed E-state index contributed by atoms with van der Waals surface area (Å²) in [5, 5.41) is 7.80. The molecule has 1 unspecified atom stereocenters. The second kappa shape index (κ2) is 9.29. The Bertz CT molecular complexity index is 1050. The number of ether oxygens (including phenoxy) is 1. The average Bonchev–Trinajstić information content (AvgIpc) is 2.99. The number of nitrogens with one attached hydrogen (secondary N) is 1. The van der Waals surface area contributed by atoms with Gasteiger partial charge in [0.2, 0.25) is 5.91 Å². The summed E-state index contributed by atoms with van der Waals surface area (Å²) in [5.41, 5.74) is 5.40. The van der Waals surface area contributed by atoms with E-state index in [-0.39, 0.29) is 24.3 Å². The number of amides is 1. The quantitative estimate of drug-likeness (QED) is 0.624. The maximum absolute atomic E-state index is 13.0. The Kier molecular flexibility index (Phi) is 6.73. The zero-order valence-electron chi connectivity index (χ0n) is 19.4. The highest BCUT2D eigenvalue weighted by Gasteiger charge is 2.22. The van der Waals surface area contributed by atoms with E-state index in [4.69, 9.17) is 4.74 Å². The Hall–Kier alpha value is -3.22. The fraction of sp³-hybridized carbons (Fsp3) is 0.417. The van der Waals surface area contributed by atoms with Crippen molar-refractivity contribution in [3.63, 3.8) is 0 Å². The van der Waals surface area contributed by atoms with Crippen LogP contribution in [0.5, 0.6) is 5.75 Å². The predicted octanol–water partition coefficient (Wildman–Crippen LogP) is 3.96. The molecular weight excluding hydrogens is 390 g/mol. The second-order valence-corrected chi connectivity index (χ2v) is 8.25. The van der Waals surface area contributed by atoms with Crippen LogP contribution in [0.25, 0.3) is 5.95 Å². The van der Waals surface area contributed by atoms with Gasteiger partial charge in [-0.3, -0.25) is 4.79 Å². The molecule has 7 heteroatoms. The molecule has 1 N–H and O–H groups in total. The van der Waals surface area contributed by atoms with Crippen LogP contribution in [0.1, 0.15) is 53.8 Å². The van der Waals surface area contributed by atoms with Crippen molar-refractivity contribution in [2.45, 2.75) is 54.0 Å². The molecule has 3 rings (SSSR count). The fourth-order valence-corrected chi connectivity index (χ4v) is 3.76. The number of hydrogen-bond donors (Lipinski definition) is 1. The molecular formula is C24H31N5O2. The van der Waals surface area contributed by atoms with Crippen molar-refractivity contribution < 1.29 is 9.53 Å². The van der Waals surface area contributed by atoms with E-state index in [9.17, 15) is 4.79 Å². The minimum atomic E-state index is -0.0863. The van der Waals surface area contributed by atoms with Gasteiger partial charge in [0.25, 0.3) is 5.95 Å². The molecule has 2 aromatic heterocycles. The third-order valence-electron chi connectivity index (χ3n) is 5.40. The number of carbonyl (C=O) groups is 1. The topological polar surface area (TPSA) is 81.9 Å². The van der Waals surface area contributed by atoms with E-state index in [2.05, 4.69) is 34.2 Å². The third-order valence-corrected chi connectivity index (χ3v) is 5.40. The number of benzene rings is 1. The summed E-state index contributed by atoms with van der Waals surface area (Å²) in [6.45, 7) is 11.9. The lowest BCUT2D eigenvalue weighted by Gasteiger charge is -2.23. The molecule has 0 spiro atoms. The van der Waals surface area contributed by atoms with Crippen molar-refractivity contribution in [3.05, 3.63) is 64.2 Å². The predicted molar refractivity (Wildman–Crippen MR) is 121 cm³/mol. The number of nitrogens with zero attached hydrogens (tertiary/aromatic N) is 4. The lowest BCUT2D eigenvalue weighted by atomic mass is 9.95. The number of rotatable bonds is 7. The largest absolute Gasteiger partial charge is 0.497 e. The van der Waals surface area contributed by atoms with E-state index in [0.29, 0.717) is 5.95 Å². The molecule has 7 nitrogen and oxygen atoms in total. The van der Waals surface area contributed by atoms with Gasteiger partial charge < -0.3 is 10.1 Å². The number of methoxy groups -OCH3 is 1. The minimum Gasteiger partial charge on any atom is -0.497 e. The summed E-state index contributed by atoms with van der Waals surface area (Å²) in [6, 6.07) is 9.66. The van der Waals surface area contributed by atoms with Crippen LogP contribution in [0.15, 0.2) is 30.3 Å². The van der Waals surface area contributed by atoms with Crippen molar-refractivity contribution in [2.24, 2.45) is 5.92 Å². The molecule has 0 radical (unpaired) electrons. The molecule has 0 aliphatic rings. The van der Waals surface area contributed by atoms with Crippen molar-refractivity contribution in [3.8, 4) is 11.7 Å². The summed E-state index contributed by atoms with van der Waals surface area (Å²) in [6.07, 6.45) is 0.252. The van der Waals surface area contributed by atoms with Gasteiger partial charge in [-0.25, -0.2) is 14.6 Å². The maximum atomic E-state index is 13.0. The smallest absolute Gasteiger partial charge is 0.251 e. The molecule has 1 atom stereocenters. The normalized spacial score (nSPS) is 12.1. The Balaban J connectivity index is 1.81. The van der Waals surface area contributed by atoms with Crippen molar-refractivity contribution in [1.82, 2.24) is 25.1 Å². The van der Waals surface area contributed by atoms with E-state index in [1.54, 1.807) is 11.8 Å². The zero-order chi connectivity index (χ0) is 22.7. The van der Waals surface area contributed by atoms with Crippen LogP contribution in [0.2, 0.25) is 0 Å². The number of aromatic nitrogens is 4. The molecule has 0 aliphatic heterocycles. The van der Waals surface area contributed by atoms with Gasteiger partial charge in [0.05, 0.1) is 25.3 Å². The Morgan fingerprint density at radius 1 is 1.06 bits per heavy atom. The number of carbonyl (C=O) groups excluding carboxylic acids is 1. The van der Waals surface area contributed by atoms with Gasteiger partial charge in [-0.1, -0.05) is 26.0 Å². The molecule has 2 heterocycles. The Morgan fingerprint density at radius 2 is 1.68 bits per heavy atom. The van der Waals surface area contributed by atoms with Crippen LogP contribution in [-0.4, -0.2) is 32.8 Å². The molecule has 0 bridgehead atoms. The molecule has 31 heavy (non-hydrogen) atoms.